The summed E-state index contributed by atoms with van der Waals surface area (Å²) in [6, 6.07) is 75.2. The van der Waals surface area contributed by atoms with Crippen LogP contribution in [0.25, 0.3) is 80.7 Å². The molecular weight excluding hydrogens is 685 g/mol. The number of anilines is 3. The summed E-state index contributed by atoms with van der Waals surface area (Å²) in [4.78, 5) is 2.50. The highest BCUT2D eigenvalue weighted by Gasteiger charge is 2.25. The van der Waals surface area contributed by atoms with Gasteiger partial charge in [0.25, 0.3) is 0 Å². The molecule has 0 amide bonds. The van der Waals surface area contributed by atoms with Crippen molar-refractivity contribution in [3.63, 3.8) is 0 Å². The fraction of sp³-hybridized carbons (Fsp3) is 0. The minimum absolute atomic E-state index is 1.12. The summed E-state index contributed by atoms with van der Waals surface area (Å²) in [5, 5.41) is 7.44. The number of hydrogen-bond acceptors (Lipinski definition) is 2. The minimum Gasteiger partial charge on any atom is -0.309 e. The molecule has 0 radical (unpaired) electrons. The Labute approximate surface area is 323 Å². The van der Waals surface area contributed by atoms with Gasteiger partial charge < -0.3 is 9.47 Å². The number of para-hydroxylation sites is 2. The molecule has 2 nitrogen and oxygen atoms in total. The quantitative estimate of drug-likeness (QED) is 0.166. The fourth-order valence-corrected chi connectivity index (χ4v) is 9.65. The van der Waals surface area contributed by atoms with Crippen molar-refractivity contribution < 1.29 is 0 Å². The molecule has 0 atom stereocenters. The summed E-state index contributed by atoms with van der Waals surface area (Å²) < 4.78 is 5.05. The molecule has 0 aliphatic heterocycles. The number of thiophene rings is 1. The van der Waals surface area contributed by atoms with Gasteiger partial charge in [-0.25, -0.2) is 0 Å². The first-order valence-corrected chi connectivity index (χ1v) is 19.6. The van der Waals surface area contributed by atoms with E-state index in [0.717, 1.165) is 17.1 Å². The molecular formula is C52H34N2S. The molecule has 0 N–H and O–H groups in total. The number of aromatic nitrogens is 1. The molecule has 0 unspecified atom stereocenters. The lowest BCUT2D eigenvalue weighted by Gasteiger charge is -2.27. The van der Waals surface area contributed by atoms with Gasteiger partial charge in [-0.1, -0.05) is 152 Å². The normalized spacial score (nSPS) is 11.6. The number of fused-ring (bicyclic) bond motifs is 8. The minimum atomic E-state index is 1.12. The summed E-state index contributed by atoms with van der Waals surface area (Å²) >= 11 is 1.87. The summed E-state index contributed by atoms with van der Waals surface area (Å²) in [6.45, 7) is 0. The summed E-state index contributed by atoms with van der Waals surface area (Å²) in [5.74, 6) is 0. The van der Waals surface area contributed by atoms with Gasteiger partial charge in [0.15, 0.2) is 0 Å². The van der Waals surface area contributed by atoms with Crippen LogP contribution in [0, 0.1) is 0 Å². The third-order valence-electron chi connectivity index (χ3n) is 11.0. The molecule has 0 bridgehead atoms. The average molecular weight is 719 g/mol. The standard InChI is InChI=1S/C52H34N2S/c1-4-15-35(16-5-1)36-27-29-37(30-28-36)38-31-32-46-45(33-38)50-48(34-39-17-10-11-22-42(39)51(50)54(46)41-20-8-3-9-21-41)53(40-18-6-2-7-19-40)47-25-14-24-44-43-23-12-13-26-49(43)55-52(44)47/h1-34H. The van der Waals surface area contributed by atoms with Crippen LogP contribution in [0.5, 0.6) is 0 Å². The Morgan fingerprint density at radius 3 is 1.78 bits per heavy atom. The highest BCUT2D eigenvalue weighted by Crippen LogP contribution is 2.50. The van der Waals surface area contributed by atoms with Crippen molar-refractivity contribution in [3.05, 3.63) is 206 Å². The lowest BCUT2D eigenvalue weighted by atomic mass is 9.97. The third kappa shape index (κ3) is 5.16. The summed E-state index contributed by atoms with van der Waals surface area (Å²) in [7, 11) is 0. The highest BCUT2D eigenvalue weighted by atomic mass is 32.1. The van der Waals surface area contributed by atoms with E-state index in [1.54, 1.807) is 0 Å². The summed E-state index contributed by atoms with van der Waals surface area (Å²) in [5.41, 5.74) is 11.8. The van der Waals surface area contributed by atoms with Crippen molar-refractivity contribution >= 4 is 81.1 Å². The average Bonchev–Trinajstić information content (AvgIpc) is 3.82. The summed E-state index contributed by atoms with van der Waals surface area (Å²) in [6.07, 6.45) is 0. The molecule has 11 aromatic rings. The molecule has 2 heterocycles. The van der Waals surface area contributed by atoms with Crippen molar-refractivity contribution in [2.24, 2.45) is 0 Å². The first kappa shape index (κ1) is 31.6. The van der Waals surface area contributed by atoms with Crippen molar-refractivity contribution in [3.8, 4) is 27.9 Å². The van der Waals surface area contributed by atoms with E-state index in [1.165, 1.54) is 80.7 Å². The van der Waals surface area contributed by atoms with Crippen molar-refractivity contribution in [2.75, 3.05) is 4.90 Å². The maximum absolute atomic E-state index is 2.50. The molecule has 0 saturated carbocycles. The molecule has 2 aromatic heterocycles. The second-order valence-corrected chi connectivity index (χ2v) is 15.2. The lowest BCUT2D eigenvalue weighted by molar-refractivity contribution is 1.19. The van der Waals surface area contributed by atoms with E-state index in [1.807, 2.05) is 11.3 Å². The molecule has 3 heteroatoms. The Hall–Kier alpha value is -6.94. The van der Waals surface area contributed by atoms with Gasteiger partial charge in [-0.3, -0.25) is 0 Å². The smallest absolute Gasteiger partial charge is 0.0640 e. The predicted molar refractivity (Wildman–Crippen MR) is 237 cm³/mol. The lowest BCUT2D eigenvalue weighted by Crippen LogP contribution is -2.10. The molecule has 55 heavy (non-hydrogen) atoms. The molecule has 0 fully saturated rings. The van der Waals surface area contributed by atoms with Crippen LogP contribution in [0.4, 0.5) is 17.1 Å². The molecule has 0 saturated heterocycles. The maximum atomic E-state index is 2.50. The number of hydrogen-bond donors (Lipinski definition) is 0. The van der Waals surface area contributed by atoms with Crippen LogP contribution in [0.15, 0.2) is 206 Å². The second-order valence-electron chi connectivity index (χ2n) is 14.1. The van der Waals surface area contributed by atoms with Gasteiger partial charge in [-0.2, -0.15) is 0 Å². The Morgan fingerprint density at radius 2 is 1.00 bits per heavy atom. The van der Waals surface area contributed by atoms with Crippen LogP contribution in [0.2, 0.25) is 0 Å². The van der Waals surface area contributed by atoms with E-state index in [2.05, 4.69) is 216 Å². The topological polar surface area (TPSA) is 8.17 Å². The Morgan fingerprint density at radius 1 is 0.400 bits per heavy atom. The van der Waals surface area contributed by atoms with Crippen LogP contribution in [0.1, 0.15) is 0 Å². The first-order valence-electron chi connectivity index (χ1n) is 18.8. The molecule has 0 aliphatic carbocycles. The Bertz CT molecular complexity index is 3180. The highest BCUT2D eigenvalue weighted by molar-refractivity contribution is 7.26. The van der Waals surface area contributed by atoms with Crippen LogP contribution in [-0.2, 0) is 0 Å². The van der Waals surface area contributed by atoms with E-state index in [9.17, 15) is 0 Å². The first-order chi connectivity index (χ1) is 27.3. The van der Waals surface area contributed by atoms with E-state index in [0.29, 0.717) is 0 Å². The number of nitrogens with zero attached hydrogens (tertiary/aromatic N) is 2. The Kier molecular flexibility index (Phi) is 7.39. The van der Waals surface area contributed by atoms with E-state index in [4.69, 9.17) is 0 Å². The fourth-order valence-electron chi connectivity index (χ4n) is 8.44. The zero-order valence-electron chi connectivity index (χ0n) is 29.9. The van der Waals surface area contributed by atoms with Gasteiger partial charge in [-0.05, 0) is 82.2 Å². The second kappa shape index (κ2) is 12.9. The predicted octanol–water partition coefficient (Wildman–Crippen LogP) is 15.1. The monoisotopic (exact) mass is 718 g/mol. The van der Waals surface area contributed by atoms with E-state index in [-0.39, 0.29) is 0 Å². The van der Waals surface area contributed by atoms with Gasteiger partial charge in [0.05, 0.1) is 27.1 Å². The number of benzene rings is 9. The largest absolute Gasteiger partial charge is 0.309 e. The molecule has 11 rings (SSSR count). The molecule has 9 aromatic carbocycles. The van der Waals surface area contributed by atoms with Crippen molar-refractivity contribution in [2.45, 2.75) is 0 Å². The molecule has 0 spiro atoms. The van der Waals surface area contributed by atoms with Gasteiger partial charge >= 0.3 is 0 Å². The van der Waals surface area contributed by atoms with Crippen LogP contribution >= 0.6 is 11.3 Å². The SMILES string of the molecule is c1ccc(-c2ccc(-c3ccc4c(c3)c3c(N(c5ccccc5)c5cccc6c5sc5ccccc56)cc5ccccc5c3n4-c3ccccc3)cc2)cc1. The van der Waals surface area contributed by atoms with Crippen LogP contribution in [-0.4, -0.2) is 4.57 Å². The zero-order valence-corrected chi connectivity index (χ0v) is 30.7. The molecule has 0 aliphatic rings. The maximum Gasteiger partial charge on any atom is 0.0640 e. The van der Waals surface area contributed by atoms with Crippen molar-refractivity contribution in [1.29, 1.82) is 0 Å². The van der Waals surface area contributed by atoms with E-state index < -0.39 is 0 Å². The van der Waals surface area contributed by atoms with E-state index >= 15 is 0 Å². The zero-order chi connectivity index (χ0) is 36.3. The van der Waals surface area contributed by atoms with Gasteiger partial charge in [-0.15, -0.1) is 11.3 Å². The third-order valence-corrected chi connectivity index (χ3v) is 12.2. The van der Waals surface area contributed by atoms with Crippen molar-refractivity contribution in [1.82, 2.24) is 4.57 Å². The van der Waals surface area contributed by atoms with Crippen LogP contribution in [0.3, 0.4) is 0 Å². The Balaban J connectivity index is 1.25. The van der Waals surface area contributed by atoms with Crippen LogP contribution < -0.4 is 4.90 Å². The van der Waals surface area contributed by atoms with Gasteiger partial charge in [0.2, 0.25) is 0 Å². The van der Waals surface area contributed by atoms with Gasteiger partial charge in [0, 0.05) is 43.0 Å². The number of rotatable bonds is 6. The molecule has 258 valence electrons. The van der Waals surface area contributed by atoms with Gasteiger partial charge in [0.1, 0.15) is 0 Å².